The molecular formula is C29H37N5O3. The van der Waals surface area contributed by atoms with Gasteiger partial charge in [0.05, 0.1) is 12.2 Å². The minimum Gasteiger partial charge on any atom is -0.493 e. The highest BCUT2D eigenvalue weighted by Gasteiger charge is 2.42. The zero-order valence-electron chi connectivity index (χ0n) is 21.8. The minimum absolute atomic E-state index is 0.00791. The number of carbonyl (C=O) groups is 2. The van der Waals surface area contributed by atoms with Gasteiger partial charge < -0.3 is 25.2 Å². The normalized spacial score (nSPS) is 26.6. The van der Waals surface area contributed by atoms with Gasteiger partial charge in [-0.05, 0) is 69.3 Å². The Morgan fingerprint density at radius 3 is 2.51 bits per heavy atom. The van der Waals surface area contributed by atoms with Crippen LogP contribution in [0.3, 0.4) is 0 Å². The van der Waals surface area contributed by atoms with Crippen LogP contribution in [0.5, 0.6) is 5.75 Å². The SMILES string of the molecule is CCN1CC[C@H](NC(=O)c2ccc(N3[C@@H]4CC[C@H]3CC(NC(=O)c3ccc5c(c3C)OCC5)C4)nc2)C1. The van der Waals surface area contributed by atoms with Crippen LogP contribution in [-0.2, 0) is 6.42 Å². The van der Waals surface area contributed by atoms with Crippen molar-refractivity contribution in [2.24, 2.45) is 0 Å². The Kier molecular flexibility index (Phi) is 6.53. The van der Waals surface area contributed by atoms with Gasteiger partial charge in [0.25, 0.3) is 11.8 Å². The number of pyridine rings is 1. The fourth-order valence-corrected chi connectivity index (χ4v) is 6.77. The second-order valence-corrected chi connectivity index (χ2v) is 11.0. The van der Waals surface area contributed by atoms with Crippen LogP contribution in [0.15, 0.2) is 30.5 Å². The molecule has 8 heteroatoms. The summed E-state index contributed by atoms with van der Waals surface area (Å²) in [6.07, 6.45) is 7.63. The Balaban J connectivity index is 1.07. The third kappa shape index (κ3) is 4.67. The topological polar surface area (TPSA) is 86.8 Å². The van der Waals surface area contributed by atoms with Gasteiger partial charge in [-0.25, -0.2) is 4.98 Å². The van der Waals surface area contributed by atoms with Gasteiger partial charge in [-0.2, -0.15) is 0 Å². The largest absolute Gasteiger partial charge is 0.493 e. The lowest BCUT2D eigenvalue weighted by atomic mass is 9.96. The van der Waals surface area contributed by atoms with E-state index in [-0.39, 0.29) is 23.9 Å². The van der Waals surface area contributed by atoms with Crippen LogP contribution in [0, 0.1) is 6.92 Å². The van der Waals surface area contributed by atoms with Gasteiger partial charge in [-0.1, -0.05) is 13.0 Å². The number of hydrogen-bond acceptors (Lipinski definition) is 6. The Morgan fingerprint density at radius 2 is 1.81 bits per heavy atom. The Bertz CT molecular complexity index is 1170. The third-order valence-electron chi connectivity index (χ3n) is 8.75. The molecule has 3 fully saturated rings. The lowest BCUT2D eigenvalue weighted by Crippen LogP contribution is -2.50. The van der Waals surface area contributed by atoms with E-state index in [1.807, 2.05) is 31.2 Å². The molecule has 6 rings (SSSR count). The number of fused-ring (bicyclic) bond motifs is 3. The molecule has 2 aromatic rings. The number of ether oxygens (including phenoxy) is 1. The molecule has 2 amide bonds. The average molecular weight is 504 g/mol. The third-order valence-corrected chi connectivity index (χ3v) is 8.75. The van der Waals surface area contributed by atoms with Crippen LogP contribution in [0.2, 0.25) is 0 Å². The maximum absolute atomic E-state index is 13.1. The predicted molar refractivity (Wildman–Crippen MR) is 142 cm³/mol. The number of nitrogens with zero attached hydrogens (tertiary/aromatic N) is 3. The zero-order chi connectivity index (χ0) is 25.5. The lowest BCUT2D eigenvalue weighted by molar-refractivity contribution is 0.0922. The number of anilines is 1. The molecule has 37 heavy (non-hydrogen) atoms. The van der Waals surface area contributed by atoms with Gasteiger partial charge in [0, 0.05) is 61.0 Å². The molecule has 1 aromatic carbocycles. The first-order valence-corrected chi connectivity index (χ1v) is 13.8. The number of piperidine rings is 1. The summed E-state index contributed by atoms with van der Waals surface area (Å²) in [5.74, 6) is 1.76. The van der Waals surface area contributed by atoms with Gasteiger partial charge in [-0.3, -0.25) is 9.59 Å². The number of carbonyl (C=O) groups excluding carboxylic acids is 2. The zero-order valence-corrected chi connectivity index (χ0v) is 21.8. The van der Waals surface area contributed by atoms with E-state index in [2.05, 4.69) is 27.4 Å². The maximum atomic E-state index is 13.1. The van der Waals surface area contributed by atoms with E-state index in [1.54, 1.807) is 6.20 Å². The minimum atomic E-state index is -0.0429. The fraction of sp³-hybridized carbons (Fsp3) is 0.552. The van der Waals surface area contributed by atoms with Crippen LogP contribution in [0.4, 0.5) is 5.82 Å². The van der Waals surface area contributed by atoms with Gasteiger partial charge >= 0.3 is 0 Å². The molecule has 3 saturated heterocycles. The summed E-state index contributed by atoms with van der Waals surface area (Å²) in [6, 6.07) is 8.91. The summed E-state index contributed by atoms with van der Waals surface area (Å²) in [6.45, 7) is 7.81. The highest BCUT2D eigenvalue weighted by atomic mass is 16.5. The number of amides is 2. The Morgan fingerprint density at radius 1 is 1.03 bits per heavy atom. The van der Waals surface area contributed by atoms with E-state index >= 15 is 0 Å². The van der Waals surface area contributed by atoms with Crippen molar-refractivity contribution in [3.05, 3.63) is 52.7 Å². The predicted octanol–water partition coefficient (Wildman–Crippen LogP) is 3.08. The molecule has 0 aliphatic carbocycles. The van der Waals surface area contributed by atoms with E-state index in [0.29, 0.717) is 29.8 Å². The van der Waals surface area contributed by atoms with Crippen molar-refractivity contribution in [3.8, 4) is 5.75 Å². The van der Waals surface area contributed by atoms with Gasteiger partial charge in [-0.15, -0.1) is 0 Å². The van der Waals surface area contributed by atoms with E-state index in [1.165, 1.54) is 5.56 Å². The molecule has 0 radical (unpaired) electrons. The lowest BCUT2D eigenvalue weighted by Gasteiger charge is -2.40. The standard InChI is InChI=1S/C29H37N5O3/c1-3-33-12-10-21(17-33)31-28(35)20-5-9-26(30-16-20)34-23-6-7-24(34)15-22(14-23)32-29(36)25-8-4-19-11-13-37-27(19)18(25)2/h4-5,8-9,16,21-24H,3,6-7,10-15,17H2,1-2H3,(H,31,35)(H,32,36)/t21-,22?,23-,24+/m0/s1. The van der Waals surface area contributed by atoms with Crippen LogP contribution in [-0.4, -0.2) is 72.1 Å². The van der Waals surface area contributed by atoms with Crippen LogP contribution >= 0.6 is 0 Å². The number of hydrogen-bond donors (Lipinski definition) is 2. The summed E-state index contributed by atoms with van der Waals surface area (Å²) in [5.41, 5.74) is 3.46. The van der Waals surface area contributed by atoms with Crippen LogP contribution < -0.4 is 20.3 Å². The number of likely N-dealkylation sites (tertiary alicyclic amines) is 1. The number of nitrogens with one attached hydrogen (secondary N) is 2. The van der Waals surface area contributed by atoms with Crippen molar-refractivity contribution < 1.29 is 14.3 Å². The van der Waals surface area contributed by atoms with Gasteiger partial charge in [0.1, 0.15) is 11.6 Å². The Hall–Kier alpha value is -3.13. The van der Waals surface area contributed by atoms with Crippen molar-refractivity contribution in [1.82, 2.24) is 20.5 Å². The summed E-state index contributed by atoms with van der Waals surface area (Å²) in [4.78, 5) is 35.4. The Labute approximate surface area is 218 Å². The van der Waals surface area contributed by atoms with E-state index in [4.69, 9.17) is 9.72 Å². The molecule has 8 nitrogen and oxygen atoms in total. The highest BCUT2D eigenvalue weighted by molar-refractivity contribution is 5.97. The second kappa shape index (κ2) is 9.97. The smallest absolute Gasteiger partial charge is 0.253 e. The highest BCUT2D eigenvalue weighted by Crippen LogP contribution is 2.39. The molecule has 4 aliphatic rings. The summed E-state index contributed by atoms with van der Waals surface area (Å²) in [7, 11) is 0. The molecule has 1 unspecified atom stereocenters. The second-order valence-electron chi connectivity index (χ2n) is 11.0. The monoisotopic (exact) mass is 503 g/mol. The number of likely N-dealkylation sites (N-methyl/N-ethyl adjacent to an activating group) is 1. The van der Waals surface area contributed by atoms with Crippen LogP contribution in [0.1, 0.15) is 70.9 Å². The molecule has 196 valence electrons. The van der Waals surface area contributed by atoms with E-state index in [0.717, 1.165) is 75.3 Å². The first-order valence-electron chi connectivity index (χ1n) is 13.8. The summed E-state index contributed by atoms with van der Waals surface area (Å²) < 4.78 is 5.76. The molecule has 2 bridgehead atoms. The number of rotatable bonds is 6. The summed E-state index contributed by atoms with van der Waals surface area (Å²) >= 11 is 0. The molecule has 0 saturated carbocycles. The molecule has 4 aliphatic heterocycles. The average Bonchev–Trinajstić information content (AvgIpc) is 3.62. The fourth-order valence-electron chi connectivity index (χ4n) is 6.77. The van der Waals surface area contributed by atoms with Crippen LogP contribution in [0.25, 0.3) is 0 Å². The van der Waals surface area contributed by atoms with Gasteiger partial charge in [0.2, 0.25) is 0 Å². The van der Waals surface area contributed by atoms with Crippen molar-refractivity contribution in [2.75, 3.05) is 31.1 Å². The molecule has 4 atom stereocenters. The molecule has 1 aromatic heterocycles. The molecule has 0 spiro atoms. The van der Waals surface area contributed by atoms with E-state index < -0.39 is 0 Å². The van der Waals surface area contributed by atoms with Crippen molar-refractivity contribution in [1.29, 1.82) is 0 Å². The number of aromatic nitrogens is 1. The van der Waals surface area contributed by atoms with Gasteiger partial charge in [0.15, 0.2) is 0 Å². The first kappa shape index (κ1) is 24.2. The van der Waals surface area contributed by atoms with Crippen molar-refractivity contribution >= 4 is 17.6 Å². The molecule has 5 heterocycles. The quantitative estimate of drug-likeness (QED) is 0.630. The molecular weight excluding hydrogens is 466 g/mol. The first-order chi connectivity index (χ1) is 18.0. The van der Waals surface area contributed by atoms with Crippen molar-refractivity contribution in [2.45, 2.75) is 76.5 Å². The summed E-state index contributed by atoms with van der Waals surface area (Å²) in [5, 5.41) is 6.47. The van der Waals surface area contributed by atoms with E-state index in [9.17, 15) is 9.59 Å². The van der Waals surface area contributed by atoms with Crippen molar-refractivity contribution in [3.63, 3.8) is 0 Å². The number of benzene rings is 1. The maximum Gasteiger partial charge on any atom is 0.253 e. The molecule has 2 N–H and O–H groups in total.